The number of benzene rings is 8. The molecule has 0 saturated heterocycles. The van der Waals surface area contributed by atoms with Crippen molar-refractivity contribution in [3.8, 4) is 11.1 Å². The van der Waals surface area contributed by atoms with Crippen LogP contribution in [-0.4, -0.2) is 11.1 Å². The Bertz CT molecular complexity index is 4260. The fourth-order valence-electron chi connectivity index (χ4n) is 13.7. The van der Waals surface area contributed by atoms with Crippen LogP contribution in [0.1, 0.15) is 136 Å². The topological polar surface area (TPSA) is 14.8 Å². The quantitative estimate of drug-likeness (QED) is 0.0925. The van der Waals surface area contributed by atoms with Crippen LogP contribution in [0.5, 0.6) is 0 Å². The molecule has 10 aromatic rings. The Hall–Kier alpha value is -6.76. The first-order chi connectivity index (χ1) is 35.8. The molecule has 14 rings (SSSR count). The fourth-order valence-corrected chi connectivity index (χ4v) is 14.9. The number of pyridine rings is 1. The molecule has 76 heavy (non-hydrogen) atoms. The molecule has 0 N–H and O–H groups in total. The van der Waals surface area contributed by atoms with Gasteiger partial charge in [0.2, 0.25) is 0 Å². The number of hydrogen-bond acceptors (Lipinski definition) is 3. The van der Waals surface area contributed by atoms with E-state index in [1.165, 1.54) is 149 Å². The van der Waals surface area contributed by atoms with Gasteiger partial charge in [0.1, 0.15) is 5.52 Å². The lowest BCUT2D eigenvalue weighted by Crippen LogP contribution is -2.63. The van der Waals surface area contributed by atoms with Crippen LogP contribution in [0, 0.1) is 6.92 Å². The monoisotopic (exact) mass is 1010 g/mol. The van der Waals surface area contributed by atoms with Gasteiger partial charge in [0, 0.05) is 43.0 Å². The first-order valence-corrected chi connectivity index (χ1v) is 28.5. The Morgan fingerprint density at radius 3 is 1.75 bits per heavy atom. The highest BCUT2D eigenvalue weighted by molar-refractivity contribution is 7.99. The Morgan fingerprint density at radius 2 is 1.07 bits per heavy atom. The third kappa shape index (κ3) is 6.49. The maximum atomic E-state index is 2.72. The van der Waals surface area contributed by atoms with E-state index in [-0.39, 0.29) is 33.8 Å². The molecule has 0 unspecified atom stereocenters. The number of anilines is 6. The molecule has 4 nitrogen and oxygen atoms in total. The van der Waals surface area contributed by atoms with Crippen LogP contribution >= 0.6 is 11.8 Å². The molecular weight excluding hydrogens is 940 g/mol. The van der Waals surface area contributed by atoms with E-state index in [1.807, 2.05) is 11.8 Å². The van der Waals surface area contributed by atoms with Crippen LogP contribution in [0.2, 0.25) is 0 Å². The van der Waals surface area contributed by atoms with E-state index in [0.717, 1.165) is 0 Å². The molecule has 6 heterocycles. The summed E-state index contributed by atoms with van der Waals surface area (Å²) in [5, 5.41) is 3.87. The molecule has 0 aliphatic carbocycles. The van der Waals surface area contributed by atoms with Crippen LogP contribution in [0.25, 0.3) is 49.5 Å². The van der Waals surface area contributed by atoms with Crippen molar-refractivity contribution in [2.24, 2.45) is 7.05 Å². The summed E-state index contributed by atoms with van der Waals surface area (Å²) in [5.74, 6) is 0. The summed E-state index contributed by atoms with van der Waals surface area (Å²) in [6.45, 7) is 35.7. The van der Waals surface area contributed by atoms with E-state index in [0.29, 0.717) is 0 Å². The number of rotatable bonds is 1. The number of imidazole rings is 1. The summed E-state index contributed by atoms with van der Waals surface area (Å²) in [6, 6.07) is 53.2. The summed E-state index contributed by atoms with van der Waals surface area (Å²) in [4.78, 5) is 8.06. The molecule has 0 spiro atoms. The lowest BCUT2D eigenvalue weighted by molar-refractivity contribution is -0.617. The summed E-state index contributed by atoms with van der Waals surface area (Å²) in [7, 11) is 2.25. The number of aromatic nitrogens is 2. The first kappa shape index (κ1) is 47.7. The van der Waals surface area contributed by atoms with Gasteiger partial charge in [-0.05, 0) is 156 Å². The smallest absolute Gasteiger partial charge is 0.295 e. The zero-order valence-corrected chi connectivity index (χ0v) is 48.3. The Balaban J connectivity index is 1.14. The van der Waals surface area contributed by atoms with Gasteiger partial charge in [-0.25, -0.2) is 4.57 Å². The summed E-state index contributed by atoms with van der Waals surface area (Å²) in [6.07, 6.45) is 0. The van der Waals surface area contributed by atoms with E-state index in [9.17, 15) is 0 Å². The zero-order valence-electron chi connectivity index (χ0n) is 47.5. The molecular formula is C70H70BN4S+. The minimum absolute atomic E-state index is 0.000153. The SMILES string of the molecule is Cc1cccc2c3ccccc3n3c4cc(-c5cc6c7c(c5)N5c8ccc(C(C)(C)C)cc8C(C)(C)c8cc(C(C)(C)C)cc(c85)B7c5cc(C(C)(C)C)cc7c5N6c5ccc(C(C)(C)C)cc5S7)ccc4[n+](C)c3c12. The van der Waals surface area contributed by atoms with Gasteiger partial charge >= 0.3 is 0 Å². The summed E-state index contributed by atoms with van der Waals surface area (Å²) < 4.78 is 4.95. The zero-order chi connectivity index (χ0) is 53.2. The lowest BCUT2D eigenvalue weighted by Gasteiger charge is -2.51. The maximum Gasteiger partial charge on any atom is 0.295 e. The van der Waals surface area contributed by atoms with E-state index in [2.05, 4.69) is 263 Å². The highest BCUT2D eigenvalue weighted by Crippen LogP contribution is 2.59. The summed E-state index contributed by atoms with van der Waals surface area (Å²) in [5.41, 5.74) is 28.4. The first-order valence-electron chi connectivity index (χ1n) is 27.7. The Morgan fingerprint density at radius 1 is 0.487 bits per heavy atom. The van der Waals surface area contributed by atoms with Crippen molar-refractivity contribution in [1.29, 1.82) is 0 Å². The van der Waals surface area contributed by atoms with Crippen molar-refractivity contribution in [1.82, 2.24) is 4.40 Å². The van der Waals surface area contributed by atoms with Gasteiger partial charge in [0.15, 0.2) is 11.0 Å². The van der Waals surface area contributed by atoms with Gasteiger partial charge in [-0.2, -0.15) is 4.40 Å². The maximum absolute atomic E-state index is 2.72. The Kier molecular flexibility index (Phi) is 9.57. The average molecular weight is 1010 g/mol. The van der Waals surface area contributed by atoms with Gasteiger partial charge in [-0.3, -0.25) is 0 Å². The molecule has 2 aromatic heterocycles. The van der Waals surface area contributed by atoms with Crippen molar-refractivity contribution in [2.45, 2.75) is 141 Å². The highest BCUT2D eigenvalue weighted by atomic mass is 32.2. The van der Waals surface area contributed by atoms with Gasteiger partial charge in [-0.15, -0.1) is 0 Å². The van der Waals surface area contributed by atoms with Crippen molar-refractivity contribution in [3.05, 3.63) is 172 Å². The standard InChI is InChI=1S/C70H70BN4S/c1-39-20-19-22-47-46-21-17-18-23-52(46)75-56-30-40(24-27-54(56)72(16)65(75)61(39)47)41-31-57-62-58(32-41)74-55-29-26-43(67(5,6)7)37-59(55)76-60-38-45(69(11,12)13)36-51(64(60)74)71(62)50-35-44(68(8,9)10)34-49-63(50)73(57)53-28-25-42(66(2,3)4)33-48(53)70(49,14)15/h17-38H,1-16H3/q+1. The van der Waals surface area contributed by atoms with Crippen LogP contribution < -0.4 is 30.8 Å². The van der Waals surface area contributed by atoms with Crippen LogP contribution in [0.15, 0.2) is 143 Å². The van der Waals surface area contributed by atoms with Gasteiger partial charge < -0.3 is 9.80 Å². The molecule has 0 radical (unpaired) electrons. The molecule has 8 aromatic carbocycles. The third-order valence-corrected chi connectivity index (χ3v) is 19.1. The molecule has 378 valence electrons. The molecule has 0 atom stereocenters. The molecule has 6 heteroatoms. The van der Waals surface area contributed by atoms with Crippen molar-refractivity contribution in [3.63, 3.8) is 0 Å². The molecule has 4 aliphatic rings. The van der Waals surface area contributed by atoms with Crippen LogP contribution in [0.3, 0.4) is 0 Å². The van der Waals surface area contributed by atoms with Gasteiger partial charge in [-0.1, -0.05) is 181 Å². The summed E-state index contributed by atoms with van der Waals surface area (Å²) >= 11 is 1.97. The molecule has 0 bridgehead atoms. The van der Waals surface area contributed by atoms with Gasteiger partial charge in [0.05, 0.1) is 29.5 Å². The largest absolute Gasteiger partial charge is 0.311 e. The number of nitrogens with zero attached hydrogens (tertiary/aromatic N) is 4. The fraction of sp³-hybridized carbons (Fsp3) is 0.300. The van der Waals surface area contributed by atoms with E-state index < -0.39 is 0 Å². The molecule has 0 amide bonds. The van der Waals surface area contributed by atoms with Gasteiger partial charge in [0.25, 0.3) is 12.4 Å². The van der Waals surface area contributed by atoms with E-state index in [1.54, 1.807) is 0 Å². The predicted octanol–water partition coefficient (Wildman–Crippen LogP) is 16.6. The normalized spacial score (nSPS) is 15.3. The average Bonchev–Trinajstić information content (AvgIpc) is 3.82. The minimum atomic E-state index is -0.273. The van der Waals surface area contributed by atoms with E-state index >= 15 is 0 Å². The number of para-hydroxylation sites is 1. The van der Waals surface area contributed by atoms with Crippen molar-refractivity contribution < 1.29 is 4.57 Å². The van der Waals surface area contributed by atoms with Crippen molar-refractivity contribution in [2.75, 3.05) is 9.80 Å². The number of aryl methyl sites for hydroxylation is 2. The molecule has 0 fully saturated rings. The molecule has 0 saturated carbocycles. The lowest BCUT2D eigenvalue weighted by atomic mass is 9.32. The number of fused-ring (bicyclic) bond motifs is 16. The van der Waals surface area contributed by atoms with Crippen molar-refractivity contribution >= 4 is 107 Å². The predicted molar refractivity (Wildman–Crippen MR) is 326 cm³/mol. The highest BCUT2D eigenvalue weighted by Gasteiger charge is 2.51. The minimum Gasteiger partial charge on any atom is -0.311 e. The second-order valence-corrected chi connectivity index (χ2v) is 28.6. The Labute approximate surface area is 454 Å². The number of hydrogen-bond donors (Lipinski definition) is 0. The second kappa shape index (κ2) is 15.3. The van der Waals surface area contributed by atoms with E-state index in [4.69, 9.17) is 0 Å². The second-order valence-electron chi connectivity index (χ2n) is 27.5. The third-order valence-electron chi connectivity index (χ3n) is 18.1. The van der Waals surface area contributed by atoms with Crippen LogP contribution in [-0.2, 0) is 34.1 Å². The molecule has 4 aliphatic heterocycles. The van der Waals surface area contributed by atoms with Crippen LogP contribution in [0.4, 0.5) is 34.1 Å².